The Hall–Kier alpha value is -3.61. The summed E-state index contributed by atoms with van der Waals surface area (Å²) in [7, 11) is 1.58. The molecule has 0 saturated heterocycles. The van der Waals surface area contributed by atoms with Crippen LogP contribution < -0.4 is 10.5 Å². The van der Waals surface area contributed by atoms with Gasteiger partial charge in [0, 0.05) is 23.7 Å². The van der Waals surface area contributed by atoms with Crippen LogP contribution in [0.3, 0.4) is 0 Å². The third kappa shape index (κ3) is 3.54. The summed E-state index contributed by atoms with van der Waals surface area (Å²) in [6, 6.07) is 15.2. The monoisotopic (exact) mass is 402 g/mol. The first kappa shape index (κ1) is 18.4. The summed E-state index contributed by atoms with van der Waals surface area (Å²) >= 11 is 0. The minimum Gasteiger partial charge on any atom is -0.496 e. The zero-order valence-corrected chi connectivity index (χ0v) is 16.7. The summed E-state index contributed by atoms with van der Waals surface area (Å²) in [5.74, 6) is 2.87. The molecule has 152 valence electrons. The molecule has 4 aromatic rings. The van der Waals surface area contributed by atoms with Gasteiger partial charge in [0.2, 0.25) is 0 Å². The minimum absolute atomic E-state index is 0.357. The topological polar surface area (TPSA) is 100 Å². The molecular formula is C23H22N4O3. The van der Waals surface area contributed by atoms with Crippen molar-refractivity contribution in [1.82, 2.24) is 15.4 Å². The maximum Gasteiger partial charge on any atom is 0.254 e. The summed E-state index contributed by atoms with van der Waals surface area (Å²) in [6.07, 6.45) is 4.44. The number of aryl methyl sites for hydroxylation is 1. The fourth-order valence-electron chi connectivity index (χ4n) is 3.57. The standard InChI is InChI=1S/C23H22N4O3/c1-28-19-13-16(24)10-11-17(19)22-25-26-23(29-22)20-18(12-9-14-7-8-14)30-27-21(20)15-5-3-2-4-6-15/h2-6,10-11,13-14H,7-9,12,24H2,1H3. The summed E-state index contributed by atoms with van der Waals surface area (Å²) in [6.45, 7) is 0. The molecule has 1 aliphatic carbocycles. The van der Waals surface area contributed by atoms with Crippen LogP contribution in [0.25, 0.3) is 34.2 Å². The van der Waals surface area contributed by atoms with Gasteiger partial charge in [-0.15, -0.1) is 10.2 Å². The lowest BCUT2D eigenvalue weighted by atomic mass is 10.0. The Morgan fingerprint density at radius 1 is 1.07 bits per heavy atom. The Labute approximate surface area is 173 Å². The van der Waals surface area contributed by atoms with E-state index < -0.39 is 0 Å². The second kappa shape index (κ2) is 7.67. The fourth-order valence-corrected chi connectivity index (χ4v) is 3.57. The van der Waals surface area contributed by atoms with E-state index in [1.807, 2.05) is 36.4 Å². The minimum atomic E-state index is 0.357. The molecule has 1 aliphatic rings. The first-order valence-electron chi connectivity index (χ1n) is 10.0. The van der Waals surface area contributed by atoms with Crippen LogP contribution in [0, 0.1) is 5.92 Å². The van der Waals surface area contributed by atoms with E-state index in [-0.39, 0.29) is 0 Å². The predicted molar refractivity (Wildman–Crippen MR) is 113 cm³/mol. The Morgan fingerprint density at radius 2 is 1.87 bits per heavy atom. The van der Waals surface area contributed by atoms with E-state index in [0.29, 0.717) is 34.5 Å². The van der Waals surface area contributed by atoms with Crippen LogP contribution in [0.4, 0.5) is 5.69 Å². The zero-order chi connectivity index (χ0) is 20.5. The summed E-state index contributed by atoms with van der Waals surface area (Å²) in [5, 5.41) is 12.9. The molecule has 2 aromatic heterocycles. The second-order valence-corrected chi connectivity index (χ2v) is 7.55. The van der Waals surface area contributed by atoms with Crippen LogP contribution in [0.5, 0.6) is 5.75 Å². The molecular weight excluding hydrogens is 380 g/mol. The lowest BCUT2D eigenvalue weighted by Gasteiger charge is -2.05. The third-order valence-electron chi connectivity index (χ3n) is 5.38. The van der Waals surface area contributed by atoms with Crippen molar-refractivity contribution in [2.75, 3.05) is 12.8 Å². The molecule has 1 fully saturated rings. The normalized spacial score (nSPS) is 13.5. The molecule has 0 radical (unpaired) electrons. The highest BCUT2D eigenvalue weighted by Crippen LogP contribution is 2.39. The van der Waals surface area contributed by atoms with Gasteiger partial charge in [-0.25, -0.2) is 0 Å². The molecule has 2 heterocycles. The number of aromatic nitrogens is 3. The van der Waals surface area contributed by atoms with Crippen LogP contribution in [0.1, 0.15) is 25.0 Å². The van der Waals surface area contributed by atoms with E-state index in [4.69, 9.17) is 19.4 Å². The van der Waals surface area contributed by atoms with Gasteiger partial charge in [-0.1, -0.05) is 48.3 Å². The van der Waals surface area contributed by atoms with Gasteiger partial charge in [-0.05, 0) is 24.5 Å². The molecule has 1 saturated carbocycles. The Balaban J connectivity index is 1.57. The number of ether oxygens (including phenoxy) is 1. The van der Waals surface area contributed by atoms with Gasteiger partial charge in [0.05, 0.1) is 12.7 Å². The number of benzene rings is 2. The lowest BCUT2D eigenvalue weighted by molar-refractivity contribution is 0.380. The Bertz CT molecular complexity index is 1160. The highest BCUT2D eigenvalue weighted by Gasteiger charge is 2.27. The maximum atomic E-state index is 6.08. The number of methoxy groups -OCH3 is 1. The summed E-state index contributed by atoms with van der Waals surface area (Å²) in [5.41, 5.74) is 9.56. The van der Waals surface area contributed by atoms with E-state index in [1.165, 1.54) is 12.8 Å². The van der Waals surface area contributed by atoms with E-state index >= 15 is 0 Å². The molecule has 5 rings (SSSR count). The fraction of sp³-hybridized carbons (Fsp3) is 0.261. The van der Waals surface area contributed by atoms with Gasteiger partial charge in [-0.3, -0.25) is 0 Å². The molecule has 2 aromatic carbocycles. The lowest BCUT2D eigenvalue weighted by Crippen LogP contribution is -1.91. The average molecular weight is 402 g/mol. The number of nitrogen functional groups attached to an aromatic ring is 1. The van der Waals surface area contributed by atoms with Crippen molar-refractivity contribution in [2.45, 2.75) is 25.7 Å². The van der Waals surface area contributed by atoms with Crippen molar-refractivity contribution in [3.8, 4) is 39.9 Å². The average Bonchev–Trinajstić information content (AvgIpc) is 3.31. The molecule has 0 aliphatic heterocycles. The van der Waals surface area contributed by atoms with Crippen molar-refractivity contribution in [3.05, 3.63) is 54.3 Å². The highest BCUT2D eigenvalue weighted by atomic mass is 16.5. The number of anilines is 1. The first-order chi connectivity index (χ1) is 14.7. The van der Waals surface area contributed by atoms with Crippen LogP contribution in [0.2, 0.25) is 0 Å². The Kier molecular flexibility index (Phi) is 4.71. The number of nitrogens with zero attached hydrogens (tertiary/aromatic N) is 3. The summed E-state index contributed by atoms with van der Waals surface area (Å²) < 4.78 is 17.2. The van der Waals surface area contributed by atoms with Crippen molar-refractivity contribution < 1.29 is 13.7 Å². The smallest absolute Gasteiger partial charge is 0.254 e. The maximum absolute atomic E-state index is 6.08. The van der Waals surface area contributed by atoms with Crippen LogP contribution in [-0.4, -0.2) is 22.5 Å². The van der Waals surface area contributed by atoms with Crippen molar-refractivity contribution in [2.24, 2.45) is 5.92 Å². The largest absolute Gasteiger partial charge is 0.496 e. The van der Waals surface area contributed by atoms with Crippen molar-refractivity contribution in [3.63, 3.8) is 0 Å². The van der Waals surface area contributed by atoms with E-state index in [9.17, 15) is 0 Å². The molecule has 0 atom stereocenters. The molecule has 0 spiro atoms. The zero-order valence-electron chi connectivity index (χ0n) is 16.7. The number of hydrogen-bond donors (Lipinski definition) is 1. The highest BCUT2D eigenvalue weighted by molar-refractivity contribution is 5.78. The van der Waals surface area contributed by atoms with Gasteiger partial charge >= 0.3 is 0 Å². The number of rotatable bonds is 7. The molecule has 0 amide bonds. The van der Waals surface area contributed by atoms with E-state index in [2.05, 4.69) is 15.4 Å². The first-order valence-corrected chi connectivity index (χ1v) is 10.0. The van der Waals surface area contributed by atoms with Crippen molar-refractivity contribution >= 4 is 5.69 Å². The van der Waals surface area contributed by atoms with Gasteiger partial charge in [0.25, 0.3) is 11.8 Å². The van der Waals surface area contributed by atoms with Gasteiger partial charge in [0.15, 0.2) is 0 Å². The quantitative estimate of drug-likeness (QED) is 0.435. The molecule has 30 heavy (non-hydrogen) atoms. The summed E-state index contributed by atoms with van der Waals surface area (Å²) in [4.78, 5) is 0. The van der Waals surface area contributed by atoms with E-state index in [1.54, 1.807) is 19.2 Å². The molecule has 0 unspecified atom stereocenters. The van der Waals surface area contributed by atoms with E-state index in [0.717, 1.165) is 35.6 Å². The number of hydrogen-bond acceptors (Lipinski definition) is 7. The number of nitrogens with two attached hydrogens (primary N) is 1. The van der Waals surface area contributed by atoms with Crippen molar-refractivity contribution in [1.29, 1.82) is 0 Å². The second-order valence-electron chi connectivity index (χ2n) is 7.55. The van der Waals surface area contributed by atoms with Gasteiger partial charge < -0.3 is 19.4 Å². The van der Waals surface area contributed by atoms with Crippen LogP contribution >= 0.6 is 0 Å². The van der Waals surface area contributed by atoms with Gasteiger partial charge in [0.1, 0.15) is 22.8 Å². The molecule has 7 heteroatoms. The molecule has 0 bridgehead atoms. The van der Waals surface area contributed by atoms with Gasteiger partial charge in [-0.2, -0.15) is 0 Å². The Morgan fingerprint density at radius 3 is 2.63 bits per heavy atom. The predicted octanol–water partition coefficient (Wildman–Crippen LogP) is 4.99. The van der Waals surface area contributed by atoms with Crippen LogP contribution in [0.15, 0.2) is 57.5 Å². The third-order valence-corrected chi connectivity index (χ3v) is 5.38. The molecule has 7 nitrogen and oxygen atoms in total. The molecule has 2 N–H and O–H groups in total. The van der Waals surface area contributed by atoms with Crippen LogP contribution in [-0.2, 0) is 6.42 Å². The SMILES string of the molecule is COc1cc(N)ccc1-c1nnc(-c2c(-c3ccccc3)noc2CCC2CC2)o1.